The van der Waals surface area contributed by atoms with E-state index >= 15 is 0 Å². The van der Waals surface area contributed by atoms with Gasteiger partial charge in [-0.05, 0) is 39.2 Å². The molecule has 0 aromatic carbocycles. The molecule has 2 saturated heterocycles. The molecule has 3 heteroatoms. The van der Waals surface area contributed by atoms with Crippen LogP contribution >= 0.6 is 0 Å². The number of fused-ring (bicyclic) bond motifs is 2. The lowest BCUT2D eigenvalue weighted by Gasteiger charge is -2.39. The van der Waals surface area contributed by atoms with Crippen molar-refractivity contribution in [3.05, 3.63) is 0 Å². The van der Waals surface area contributed by atoms with Gasteiger partial charge >= 0.3 is 0 Å². The minimum Gasteiger partial charge on any atom is -0.326 e. The Morgan fingerprint density at radius 3 is 2.53 bits per heavy atom. The molecule has 98 valence electrons. The molecular formula is C14H27N3. The fourth-order valence-electron chi connectivity index (χ4n) is 4.23. The smallest absolute Gasteiger partial charge is 0.0247 e. The third kappa shape index (κ3) is 2.25. The van der Waals surface area contributed by atoms with Crippen LogP contribution in [0, 0.1) is 0 Å². The number of rotatable bonds is 1. The molecule has 0 amide bonds. The Morgan fingerprint density at radius 2 is 1.71 bits per heavy atom. The van der Waals surface area contributed by atoms with Crippen LogP contribution in [-0.2, 0) is 0 Å². The van der Waals surface area contributed by atoms with Crippen LogP contribution in [0.4, 0.5) is 0 Å². The summed E-state index contributed by atoms with van der Waals surface area (Å²) in [6.45, 7) is 2.55. The molecular weight excluding hydrogens is 210 g/mol. The molecule has 3 rings (SSSR count). The van der Waals surface area contributed by atoms with Crippen molar-refractivity contribution in [1.82, 2.24) is 9.80 Å². The number of likely N-dealkylation sites (tertiary alicyclic amines) is 1. The second-order valence-electron chi connectivity index (χ2n) is 6.35. The second kappa shape index (κ2) is 4.87. The Balaban J connectivity index is 1.68. The van der Waals surface area contributed by atoms with E-state index in [1.54, 1.807) is 0 Å². The van der Waals surface area contributed by atoms with Crippen molar-refractivity contribution in [2.45, 2.75) is 69.1 Å². The Bertz CT molecular complexity index is 268. The molecule has 3 nitrogen and oxygen atoms in total. The van der Waals surface area contributed by atoms with Crippen molar-refractivity contribution in [3.8, 4) is 0 Å². The van der Waals surface area contributed by atoms with Gasteiger partial charge in [-0.2, -0.15) is 0 Å². The molecule has 2 bridgehead atoms. The first-order valence-electron chi connectivity index (χ1n) is 7.47. The lowest BCUT2D eigenvalue weighted by Crippen LogP contribution is -2.52. The normalized spacial score (nSPS) is 44.8. The zero-order chi connectivity index (χ0) is 11.8. The van der Waals surface area contributed by atoms with Crippen LogP contribution in [0.15, 0.2) is 0 Å². The topological polar surface area (TPSA) is 32.5 Å². The van der Waals surface area contributed by atoms with Crippen LogP contribution in [-0.4, -0.2) is 54.1 Å². The molecule has 0 radical (unpaired) electrons. The van der Waals surface area contributed by atoms with E-state index in [1.807, 2.05) is 0 Å². The molecule has 3 fully saturated rings. The van der Waals surface area contributed by atoms with Crippen LogP contribution in [0.25, 0.3) is 0 Å². The van der Waals surface area contributed by atoms with Gasteiger partial charge in [-0.25, -0.2) is 0 Å². The number of likely N-dealkylation sites (N-methyl/N-ethyl adjacent to an activating group) is 1. The monoisotopic (exact) mass is 237 g/mol. The van der Waals surface area contributed by atoms with Gasteiger partial charge in [-0.15, -0.1) is 0 Å². The average molecular weight is 237 g/mol. The SMILES string of the molecule is CN1C2CCC1CN(C1CCCCC1N)CC2. The van der Waals surface area contributed by atoms with Crippen molar-refractivity contribution >= 4 is 0 Å². The van der Waals surface area contributed by atoms with E-state index < -0.39 is 0 Å². The Hall–Kier alpha value is -0.120. The molecule has 0 aromatic heterocycles. The molecule has 2 aliphatic heterocycles. The van der Waals surface area contributed by atoms with Crippen molar-refractivity contribution in [3.63, 3.8) is 0 Å². The highest BCUT2D eigenvalue weighted by molar-refractivity contribution is 4.95. The highest BCUT2D eigenvalue weighted by atomic mass is 15.3. The average Bonchev–Trinajstić information content (AvgIpc) is 2.55. The van der Waals surface area contributed by atoms with Crippen LogP contribution in [0.3, 0.4) is 0 Å². The fraction of sp³-hybridized carbons (Fsp3) is 1.00. The zero-order valence-electron chi connectivity index (χ0n) is 11.1. The molecule has 17 heavy (non-hydrogen) atoms. The molecule has 1 aliphatic carbocycles. The Labute approximate surface area is 105 Å². The lowest BCUT2D eigenvalue weighted by atomic mass is 9.89. The molecule has 3 aliphatic rings. The first kappa shape index (κ1) is 11.9. The maximum atomic E-state index is 6.34. The summed E-state index contributed by atoms with van der Waals surface area (Å²) < 4.78 is 0. The summed E-state index contributed by atoms with van der Waals surface area (Å²) in [5, 5.41) is 0. The van der Waals surface area contributed by atoms with E-state index in [0.717, 1.165) is 12.1 Å². The van der Waals surface area contributed by atoms with Gasteiger partial charge in [0.05, 0.1) is 0 Å². The summed E-state index contributed by atoms with van der Waals surface area (Å²) in [5.41, 5.74) is 6.34. The van der Waals surface area contributed by atoms with E-state index in [9.17, 15) is 0 Å². The molecule has 2 N–H and O–H groups in total. The van der Waals surface area contributed by atoms with Gasteiger partial charge in [-0.1, -0.05) is 12.8 Å². The van der Waals surface area contributed by atoms with Crippen LogP contribution in [0.2, 0.25) is 0 Å². The zero-order valence-corrected chi connectivity index (χ0v) is 11.1. The lowest BCUT2D eigenvalue weighted by molar-refractivity contribution is 0.124. The van der Waals surface area contributed by atoms with Crippen molar-refractivity contribution in [2.24, 2.45) is 5.73 Å². The summed E-state index contributed by atoms with van der Waals surface area (Å²) in [5.74, 6) is 0. The van der Waals surface area contributed by atoms with Crippen molar-refractivity contribution < 1.29 is 0 Å². The van der Waals surface area contributed by atoms with E-state index in [4.69, 9.17) is 5.73 Å². The fourth-order valence-corrected chi connectivity index (χ4v) is 4.23. The first-order valence-corrected chi connectivity index (χ1v) is 7.47. The minimum atomic E-state index is 0.436. The van der Waals surface area contributed by atoms with E-state index in [1.165, 1.54) is 58.0 Å². The second-order valence-corrected chi connectivity index (χ2v) is 6.35. The van der Waals surface area contributed by atoms with Crippen LogP contribution in [0.5, 0.6) is 0 Å². The van der Waals surface area contributed by atoms with Gasteiger partial charge in [0.2, 0.25) is 0 Å². The summed E-state index contributed by atoms with van der Waals surface area (Å²) in [6, 6.07) is 2.77. The van der Waals surface area contributed by atoms with E-state index in [-0.39, 0.29) is 0 Å². The van der Waals surface area contributed by atoms with Crippen molar-refractivity contribution in [2.75, 3.05) is 20.1 Å². The Kier molecular flexibility index (Phi) is 3.42. The van der Waals surface area contributed by atoms with E-state index in [2.05, 4.69) is 16.8 Å². The summed E-state index contributed by atoms with van der Waals surface area (Å²) >= 11 is 0. The van der Waals surface area contributed by atoms with E-state index in [0.29, 0.717) is 12.1 Å². The predicted octanol–water partition coefficient (Wildman–Crippen LogP) is 1.42. The maximum Gasteiger partial charge on any atom is 0.0247 e. The summed E-state index contributed by atoms with van der Waals surface area (Å²) in [6.07, 6.45) is 9.49. The first-order chi connectivity index (χ1) is 8.25. The Morgan fingerprint density at radius 1 is 0.941 bits per heavy atom. The number of nitrogens with zero attached hydrogens (tertiary/aromatic N) is 2. The van der Waals surface area contributed by atoms with Gasteiger partial charge in [0, 0.05) is 37.3 Å². The molecule has 0 spiro atoms. The molecule has 2 heterocycles. The third-order valence-corrected chi connectivity index (χ3v) is 5.43. The minimum absolute atomic E-state index is 0.436. The van der Waals surface area contributed by atoms with Gasteiger partial charge in [0.25, 0.3) is 0 Å². The molecule has 4 unspecified atom stereocenters. The highest BCUT2D eigenvalue weighted by Crippen LogP contribution is 2.31. The third-order valence-electron chi connectivity index (χ3n) is 5.43. The largest absolute Gasteiger partial charge is 0.326 e. The number of nitrogens with two attached hydrogens (primary N) is 1. The number of hydrogen-bond donors (Lipinski definition) is 1. The van der Waals surface area contributed by atoms with Crippen LogP contribution < -0.4 is 5.73 Å². The molecule has 1 saturated carbocycles. The quantitative estimate of drug-likeness (QED) is 0.749. The summed E-state index contributed by atoms with van der Waals surface area (Å²) in [7, 11) is 2.33. The summed E-state index contributed by atoms with van der Waals surface area (Å²) in [4.78, 5) is 5.36. The van der Waals surface area contributed by atoms with Gasteiger partial charge in [-0.3, -0.25) is 9.80 Å². The maximum absolute atomic E-state index is 6.34. The molecule has 4 atom stereocenters. The van der Waals surface area contributed by atoms with Crippen molar-refractivity contribution in [1.29, 1.82) is 0 Å². The predicted molar refractivity (Wildman–Crippen MR) is 71.0 cm³/mol. The van der Waals surface area contributed by atoms with Crippen LogP contribution in [0.1, 0.15) is 44.9 Å². The van der Waals surface area contributed by atoms with Gasteiger partial charge < -0.3 is 5.73 Å². The molecule has 0 aromatic rings. The highest BCUT2D eigenvalue weighted by Gasteiger charge is 2.38. The standard InChI is InChI=1S/C14H27N3/c1-16-11-6-7-12(16)10-17(9-8-11)14-5-3-2-4-13(14)15/h11-14H,2-10,15H2,1H3. The number of hydrogen-bond acceptors (Lipinski definition) is 3. The van der Waals surface area contributed by atoms with Gasteiger partial charge in [0.1, 0.15) is 0 Å². The van der Waals surface area contributed by atoms with Gasteiger partial charge in [0.15, 0.2) is 0 Å².